The van der Waals surface area contributed by atoms with Gasteiger partial charge in [-0.3, -0.25) is 0 Å². The summed E-state index contributed by atoms with van der Waals surface area (Å²) in [5, 5.41) is 8.89. The van der Waals surface area contributed by atoms with Crippen molar-refractivity contribution < 1.29 is 13.3 Å². The first kappa shape index (κ1) is 41.8. The molecule has 4 aromatic heterocycles. The van der Waals surface area contributed by atoms with Crippen molar-refractivity contribution in [3.63, 3.8) is 0 Å². The van der Waals surface area contributed by atoms with Gasteiger partial charge >= 0.3 is 0 Å². The summed E-state index contributed by atoms with van der Waals surface area (Å²) in [5.41, 5.74) is 18.9. The number of anilines is 6. The molecule has 1 aliphatic carbocycles. The van der Waals surface area contributed by atoms with Crippen molar-refractivity contribution in [1.29, 1.82) is 0 Å². The first-order valence-corrected chi connectivity index (χ1v) is 25.7. The zero-order chi connectivity index (χ0) is 49.5. The van der Waals surface area contributed by atoms with Gasteiger partial charge in [-0.1, -0.05) is 153 Å². The number of hydrogen-bond acceptors (Lipinski definition) is 5. The Kier molecular flexibility index (Phi) is 8.70. The first-order chi connectivity index (χ1) is 37.0. The average molecular weight is 964 g/mol. The number of aromatic nitrogens is 1. The third-order valence-corrected chi connectivity index (χ3v) is 15.9. The van der Waals surface area contributed by atoms with Gasteiger partial charge in [-0.15, -0.1) is 0 Å². The van der Waals surface area contributed by atoms with Gasteiger partial charge in [-0.25, -0.2) is 0 Å². The molecular weight excluding hydrogens is 919 g/mol. The summed E-state index contributed by atoms with van der Waals surface area (Å²) in [5.74, 6) is 0. The molecule has 0 amide bonds. The van der Waals surface area contributed by atoms with Crippen molar-refractivity contribution in [3.8, 4) is 16.8 Å². The van der Waals surface area contributed by atoms with Gasteiger partial charge in [0.1, 0.15) is 16.7 Å². The lowest BCUT2D eigenvalue weighted by Crippen LogP contribution is -2.17. The van der Waals surface area contributed by atoms with E-state index >= 15 is 0 Å². The van der Waals surface area contributed by atoms with Gasteiger partial charge in [0.25, 0.3) is 0 Å². The predicted molar refractivity (Wildman–Crippen MR) is 310 cm³/mol. The van der Waals surface area contributed by atoms with Gasteiger partial charge in [0.05, 0.1) is 28.1 Å². The summed E-state index contributed by atoms with van der Waals surface area (Å²) >= 11 is 0. The molecule has 4 heterocycles. The third kappa shape index (κ3) is 5.96. The lowest BCUT2D eigenvalue weighted by Gasteiger charge is -2.28. The van der Waals surface area contributed by atoms with E-state index in [-0.39, 0.29) is 0 Å². The molecular formula is C69H45N3O3. The highest BCUT2D eigenvalue weighted by atomic mass is 16.3. The van der Waals surface area contributed by atoms with Crippen LogP contribution in [-0.4, -0.2) is 4.57 Å². The standard InChI is InChI=1S/C69H45N3O3/c1-69(2)54-40-59-52(46-37-36-45(38-58(46)72(59)44-24-10-5-11-25-44)70(42-20-6-3-7-21-42)56-31-18-29-49-47-26-12-15-33-61(47)73-66(49)56)39-53(54)64-55(69)41-60(68-65(64)51-28-14-17-35-63(51)75-68)71(43-22-8-4-9-23-43)57-32-19-30-50-48-27-13-16-34-62(48)74-67(50)57/h3-41H,1-2H3. The van der Waals surface area contributed by atoms with Crippen LogP contribution in [-0.2, 0) is 5.41 Å². The number of para-hydroxylation sites is 8. The Balaban J connectivity index is 0.958. The highest BCUT2D eigenvalue weighted by Gasteiger charge is 2.41. The number of furan rings is 3. The van der Waals surface area contributed by atoms with Crippen molar-refractivity contribution in [2.24, 2.45) is 0 Å². The van der Waals surface area contributed by atoms with Gasteiger partial charge in [0, 0.05) is 71.3 Å². The van der Waals surface area contributed by atoms with Gasteiger partial charge in [0.2, 0.25) is 0 Å². The maximum Gasteiger partial charge on any atom is 0.160 e. The molecule has 0 fully saturated rings. The fraction of sp³-hybridized carbons (Fsp3) is 0.0435. The predicted octanol–water partition coefficient (Wildman–Crippen LogP) is 19.7. The molecule has 0 radical (unpaired) electrons. The van der Waals surface area contributed by atoms with E-state index in [2.05, 4.69) is 253 Å². The number of rotatable bonds is 7. The summed E-state index contributed by atoms with van der Waals surface area (Å²) < 4.78 is 23.1. The molecule has 6 nitrogen and oxygen atoms in total. The zero-order valence-electron chi connectivity index (χ0n) is 41.1. The third-order valence-electron chi connectivity index (χ3n) is 15.9. The Morgan fingerprint density at radius 1 is 0.347 bits per heavy atom. The Morgan fingerprint density at radius 3 is 1.49 bits per heavy atom. The highest BCUT2D eigenvalue weighted by Crippen LogP contribution is 2.58. The van der Waals surface area contributed by atoms with Crippen LogP contribution in [0.5, 0.6) is 0 Å². The quantitative estimate of drug-likeness (QED) is 0.159. The Labute approximate surface area is 431 Å². The number of benzene rings is 11. The van der Waals surface area contributed by atoms with Gasteiger partial charge in [0.15, 0.2) is 16.7 Å². The van der Waals surface area contributed by atoms with Crippen LogP contribution in [0.25, 0.3) is 104 Å². The van der Waals surface area contributed by atoms with Crippen molar-refractivity contribution in [3.05, 3.63) is 248 Å². The van der Waals surface area contributed by atoms with E-state index in [1.165, 1.54) is 33.0 Å². The Morgan fingerprint density at radius 2 is 0.853 bits per heavy atom. The van der Waals surface area contributed by atoms with Crippen LogP contribution in [0.1, 0.15) is 25.0 Å². The molecule has 15 aromatic rings. The summed E-state index contributed by atoms with van der Waals surface area (Å²) in [6.45, 7) is 4.77. The molecule has 0 bridgehead atoms. The van der Waals surface area contributed by atoms with E-state index < -0.39 is 5.41 Å². The van der Waals surface area contributed by atoms with Crippen molar-refractivity contribution in [2.45, 2.75) is 19.3 Å². The summed E-state index contributed by atoms with van der Waals surface area (Å²) in [6, 6.07) is 84.4. The van der Waals surface area contributed by atoms with Gasteiger partial charge in [-0.05, 0) is 119 Å². The van der Waals surface area contributed by atoms with E-state index in [1.54, 1.807) is 0 Å². The summed E-state index contributed by atoms with van der Waals surface area (Å²) in [4.78, 5) is 4.68. The van der Waals surface area contributed by atoms with Crippen molar-refractivity contribution >= 4 is 122 Å². The van der Waals surface area contributed by atoms with Crippen LogP contribution in [0, 0.1) is 0 Å². The number of fused-ring (bicyclic) bond motifs is 16. The van der Waals surface area contributed by atoms with Crippen LogP contribution < -0.4 is 9.80 Å². The minimum atomic E-state index is -0.424. The highest BCUT2D eigenvalue weighted by molar-refractivity contribution is 6.22. The smallest absolute Gasteiger partial charge is 0.160 e. The summed E-state index contributed by atoms with van der Waals surface area (Å²) in [7, 11) is 0. The van der Waals surface area contributed by atoms with Crippen LogP contribution in [0.3, 0.4) is 0 Å². The average Bonchev–Trinajstić information content (AvgIpc) is 4.41. The minimum absolute atomic E-state index is 0.424. The molecule has 0 spiro atoms. The minimum Gasteiger partial charge on any atom is -0.454 e. The molecule has 0 saturated heterocycles. The Hall–Kier alpha value is -9.78. The van der Waals surface area contributed by atoms with Gasteiger partial charge in [-0.2, -0.15) is 0 Å². The first-order valence-electron chi connectivity index (χ1n) is 25.7. The maximum atomic E-state index is 7.17. The van der Waals surface area contributed by atoms with Crippen LogP contribution >= 0.6 is 0 Å². The maximum absolute atomic E-state index is 7.17. The molecule has 354 valence electrons. The molecule has 0 saturated carbocycles. The molecule has 0 aliphatic heterocycles. The van der Waals surface area contributed by atoms with E-state index in [0.29, 0.717) is 0 Å². The molecule has 0 N–H and O–H groups in total. The lowest BCUT2D eigenvalue weighted by atomic mass is 9.81. The molecule has 0 atom stereocenters. The number of hydrogen-bond donors (Lipinski definition) is 0. The fourth-order valence-corrected chi connectivity index (χ4v) is 12.5. The fourth-order valence-electron chi connectivity index (χ4n) is 12.5. The second-order valence-electron chi connectivity index (χ2n) is 20.4. The van der Waals surface area contributed by atoms with E-state index in [0.717, 1.165) is 117 Å². The Bertz CT molecular complexity index is 4810. The molecule has 16 rings (SSSR count). The second kappa shape index (κ2) is 15.6. The van der Waals surface area contributed by atoms with Gasteiger partial charge < -0.3 is 27.6 Å². The van der Waals surface area contributed by atoms with E-state index in [4.69, 9.17) is 13.3 Å². The number of nitrogens with zero attached hydrogens (tertiary/aromatic N) is 3. The van der Waals surface area contributed by atoms with E-state index in [9.17, 15) is 0 Å². The normalized spacial score (nSPS) is 13.0. The largest absolute Gasteiger partial charge is 0.454 e. The monoisotopic (exact) mass is 963 g/mol. The zero-order valence-corrected chi connectivity index (χ0v) is 41.1. The summed E-state index contributed by atoms with van der Waals surface area (Å²) in [6.07, 6.45) is 0. The molecule has 75 heavy (non-hydrogen) atoms. The van der Waals surface area contributed by atoms with Crippen LogP contribution in [0.15, 0.2) is 250 Å². The molecule has 1 aliphatic rings. The topological polar surface area (TPSA) is 50.8 Å². The lowest BCUT2D eigenvalue weighted by molar-refractivity contribution is 0.656. The second-order valence-corrected chi connectivity index (χ2v) is 20.4. The van der Waals surface area contributed by atoms with Crippen molar-refractivity contribution in [1.82, 2.24) is 4.57 Å². The SMILES string of the molecule is CC1(C)c2cc3c(cc2-c2c1cc(N(c1ccccc1)c1cccc4c1oc1ccccc14)c1oc4ccccc4c21)c1ccc(N(c2ccccc2)c2cccc4c2oc2ccccc24)cc1n3-c1ccccc1. The van der Waals surface area contributed by atoms with E-state index in [1.807, 2.05) is 12.1 Å². The molecule has 0 unspecified atom stereocenters. The van der Waals surface area contributed by atoms with Crippen LogP contribution in [0.4, 0.5) is 34.1 Å². The molecule has 6 heteroatoms. The van der Waals surface area contributed by atoms with Crippen LogP contribution in [0.2, 0.25) is 0 Å². The molecule has 11 aromatic carbocycles. The van der Waals surface area contributed by atoms with Crippen molar-refractivity contribution in [2.75, 3.05) is 9.80 Å².